The molecule has 36 valence electrons. The van der Waals surface area contributed by atoms with Gasteiger partial charge in [-0.25, -0.2) is 0 Å². The van der Waals surface area contributed by atoms with Crippen LogP contribution in [0.2, 0.25) is 0 Å². The van der Waals surface area contributed by atoms with Gasteiger partial charge in [-0.1, -0.05) is 0 Å². The van der Waals surface area contributed by atoms with Gasteiger partial charge in [0.2, 0.25) is 0 Å². The summed E-state index contributed by atoms with van der Waals surface area (Å²) in [6.45, 7) is 0. The first-order valence-corrected chi connectivity index (χ1v) is 2.13. The lowest BCUT2D eigenvalue weighted by molar-refractivity contribution is 0.444. The van der Waals surface area contributed by atoms with E-state index in [1.165, 1.54) is 6.21 Å². The van der Waals surface area contributed by atoms with Crippen molar-refractivity contribution in [2.45, 2.75) is 6.42 Å². The zero-order chi connectivity index (χ0) is 5.11. The molecule has 0 aromatic rings. The van der Waals surface area contributed by atoms with Gasteiger partial charge in [-0.3, -0.25) is 0 Å². The van der Waals surface area contributed by atoms with E-state index in [4.69, 9.17) is 5.11 Å². The molecule has 1 rings (SSSR count). The number of aliphatic hydroxyl groups is 1. The van der Waals surface area contributed by atoms with Crippen LogP contribution in [0, 0.1) is 0 Å². The number of allylic oxidation sites excluding steroid dienone is 2. The van der Waals surface area contributed by atoms with E-state index in [1.807, 2.05) is 0 Å². The van der Waals surface area contributed by atoms with Crippen molar-refractivity contribution in [3.8, 4) is 0 Å². The van der Waals surface area contributed by atoms with Crippen LogP contribution in [0.3, 0.4) is 0 Å². The summed E-state index contributed by atoms with van der Waals surface area (Å²) in [5, 5.41) is 8.60. The molecule has 0 bridgehead atoms. The van der Waals surface area contributed by atoms with E-state index in [-0.39, 0.29) is 5.76 Å². The standard InChI is InChI=1S/C5H5NO/c7-5-2-1-3-6-4-5/h2-4H,1H2/p+1. The summed E-state index contributed by atoms with van der Waals surface area (Å²) >= 11 is 0. The largest absolute Gasteiger partial charge is 0.502 e. The lowest BCUT2D eigenvalue weighted by atomic mass is 10.3. The SMILES string of the molecule is OC1=CCC=[N+]=C1. The van der Waals surface area contributed by atoms with Crippen molar-refractivity contribution in [3.63, 3.8) is 0 Å². The topological polar surface area (TPSA) is 34.3 Å². The van der Waals surface area contributed by atoms with Crippen LogP contribution < -0.4 is 4.67 Å². The Hall–Kier alpha value is -1.01. The van der Waals surface area contributed by atoms with Crippen molar-refractivity contribution in [2.75, 3.05) is 0 Å². The molecule has 1 heterocycles. The van der Waals surface area contributed by atoms with Crippen LogP contribution >= 0.6 is 0 Å². The molecule has 0 unspecified atom stereocenters. The highest BCUT2D eigenvalue weighted by atomic mass is 16.3. The van der Waals surface area contributed by atoms with Crippen molar-refractivity contribution in [1.29, 1.82) is 0 Å². The molecule has 0 spiro atoms. The molecule has 7 heavy (non-hydrogen) atoms. The molecule has 0 aromatic carbocycles. The Labute approximate surface area is 41.5 Å². The van der Waals surface area contributed by atoms with E-state index >= 15 is 0 Å². The summed E-state index contributed by atoms with van der Waals surface area (Å²) in [6.07, 6.45) is 5.61. The molecule has 0 atom stereocenters. The number of nitrogens with zero attached hydrogens (tertiary/aromatic N) is 1. The molecule has 2 heteroatoms. The normalized spacial score (nSPS) is 16.9. The molecule has 0 saturated heterocycles. The highest BCUT2D eigenvalue weighted by Crippen LogP contribution is 1.85. The van der Waals surface area contributed by atoms with Crippen LogP contribution in [-0.2, 0) is 0 Å². The maximum atomic E-state index is 8.60. The van der Waals surface area contributed by atoms with Crippen LogP contribution in [0.4, 0.5) is 0 Å². The maximum absolute atomic E-state index is 8.60. The summed E-state index contributed by atoms with van der Waals surface area (Å²) in [5.41, 5.74) is 0. The fourth-order valence-electron chi connectivity index (χ4n) is 0.416. The van der Waals surface area contributed by atoms with Gasteiger partial charge in [-0.15, -0.1) is 4.67 Å². The molecular formula is C5H6NO+. The van der Waals surface area contributed by atoms with Gasteiger partial charge in [-0.2, -0.15) is 0 Å². The molecule has 1 aliphatic rings. The zero-order valence-electron chi connectivity index (χ0n) is 3.83. The summed E-state index contributed by atoms with van der Waals surface area (Å²) in [5.74, 6) is 0.266. The Bertz CT molecular complexity index is 151. The fourth-order valence-corrected chi connectivity index (χ4v) is 0.416. The highest BCUT2D eigenvalue weighted by Gasteiger charge is 1.96. The molecule has 0 radical (unpaired) electrons. The maximum Gasteiger partial charge on any atom is 0.332 e. The smallest absolute Gasteiger partial charge is 0.332 e. The van der Waals surface area contributed by atoms with Gasteiger partial charge < -0.3 is 5.11 Å². The van der Waals surface area contributed by atoms with E-state index < -0.39 is 0 Å². The van der Waals surface area contributed by atoms with Gasteiger partial charge in [0.1, 0.15) is 0 Å². The van der Waals surface area contributed by atoms with E-state index in [9.17, 15) is 0 Å². The average molecular weight is 96.1 g/mol. The minimum atomic E-state index is 0.266. The van der Waals surface area contributed by atoms with Crippen LogP contribution in [-0.4, -0.2) is 17.5 Å². The molecule has 1 N–H and O–H groups in total. The van der Waals surface area contributed by atoms with Crippen molar-refractivity contribution < 1.29 is 5.11 Å². The molecular weight excluding hydrogens is 90.1 g/mol. The summed E-state index contributed by atoms with van der Waals surface area (Å²) in [7, 11) is 0. The van der Waals surface area contributed by atoms with Crippen molar-refractivity contribution in [2.24, 2.45) is 0 Å². The molecule has 0 saturated carbocycles. The van der Waals surface area contributed by atoms with E-state index in [0.717, 1.165) is 6.42 Å². The van der Waals surface area contributed by atoms with Crippen LogP contribution in [0.15, 0.2) is 11.8 Å². The number of hydrogen-bond acceptors (Lipinski definition) is 1. The monoisotopic (exact) mass is 96.0 g/mol. The lowest BCUT2D eigenvalue weighted by Crippen LogP contribution is -1.93. The van der Waals surface area contributed by atoms with Crippen molar-refractivity contribution in [1.82, 2.24) is 4.67 Å². The van der Waals surface area contributed by atoms with Gasteiger partial charge >= 0.3 is 6.21 Å². The molecule has 0 aliphatic carbocycles. The molecule has 0 amide bonds. The second-order valence-electron chi connectivity index (χ2n) is 1.33. The Kier molecular flexibility index (Phi) is 0.966. The van der Waals surface area contributed by atoms with Crippen molar-refractivity contribution >= 4 is 12.4 Å². The third kappa shape index (κ3) is 0.913. The molecule has 2 nitrogen and oxygen atoms in total. The van der Waals surface area contributed by atoms with Crippen LogP contribution in [0.25, 0.3) is 0 Å². The summed E-state index contributed by atoms with van der Waals surface area (Å²) < 4.78 is 3.69. The number of aliphatic hydroxyl groups excluding tert-OH is 1. The minimum Gasteiger partial charge on any atom is -0.502 e. The summed E-state index contributed by atoms with van der Waals surface area (Å²) in [4.78, 5) is 0. The predicted molar refractivity (Wildman–Crippen MR) is 29.6 cm³/mol. The van der Waals surface area contributed by atoms with Crippen molar-refractivity contribution in [3.05, 3.63) is 11.8 Å². The van der Waals surface area contributed by atoms with E-state index in [2.05, 4.69) is 4.67 Å². The van der Waals surface area contributed by atoms with E-state index in [0.29, 0.717) is 0 Å². The predicted octanol–water partition coefficient (Wildman–Crippen LogP) is 0.0408. The van der Waals surface area contributed by atoms with Gasteiger partial charge in [-0.05, 0) is 6.08 Å². The van der Waals surface area contributed by atoms with Gasteiger partial charge in [0, 0.05) is 0 Å². The third-order valence-electron chi connectivity index (χ3n) is 0.745. The van der Waals surface area contributed by atoms with Gasteiger partial charge in [0.25, 0.3) is 6.21 Å². The Morgan fingerprint density at radius 1 is 1.71 bits per heavy atom. The second kappa shape index (κ2) is 1.63. The minimum absolute atomic E-state index is 0.266. The fraction of sp³-hybridized carbons (Fsp3) is 0.200. The zero-order valence-corrected chi connectivity index (χ0v) is 3.83. The first kappa shape index (κ1) is 4.16. The van der Waals surface area contributed by atoms with E-state index in [1.54, 1.807) is 12.3 Å². The van der Waals surface area contributed by atoms with Crippen LogP contribution in [0.5, 0.6) is 0 Å². The molecule has 0 fully saturated rings. The third-order valence-corrected chi connectivity index (χ3v) is 0.745. The second-order valence-corrected chi connectivity index (χ2v) is 1.33. The van der Waals surface area contributed by atoms with Crippen LogP contribution in [0.1, 0.15) is 6.42 Å². The summed E-state index contributed by atoms with van der Waals surface area (Å²) in [6, 6.07) is 0. The lowest BCUT2D eigenvalue weighted by Gasteiger charge is -1.78. The Balaban J connectivity index is 2.82. The molecule has 1 aliphatic heterocycles. The van der Waals surface area contributed by atoms with Gasteiger partial charge in [0.15, 0.2) is 5.76 Å². The average Bonchev–Trinajstić information content (AvgIpc) is 1.69. The quantitative estimate of drug-likeness (QED) is 0.424. The number of hydrogen-bond donors (Lipinski definition) is 1. The first-order chi connectivity index (χ1) is 3.39. The van der Waals surface area contributed by atoms with Gasteiger partial charge in [0.05, 0.1) is 6.42 Å². The Morgan fingerprint density at radius 2 is 2.57 bits per heavy atom. The first-order valence-electron chi connectivity index (χ1n) is 2.13. The Morgan fingerprint density at radius 3 is 2.86 bits per heavy atom. The molecule has 0 aromatic heterocycles. The highest BCUT2D eigenvalue weighted by molar-refractivity contribution is 5.81. The number of rotatable bonds is 0.